The second kappa shape index (κ2) is 4.42. The standard InChI is InChI=1S/C10H18N2O/c1-4-9-8(5-6-13)10(7(2)3)12-11-9/h7,13H,4-6H2,1-3H3,(H,11,12). The second-order valence-corrected chi connectivity index (χ2v) is 3.55. The molecule has 0 fully saturated rings. The number of nitrogens with zero attached hydrogens (tertiary/aromatic N) is 1. The monoisotopic (exact) mass is 182 g/mol. The Labute approximate surface area is 79.2 Å². The van der Waals surface area contributed by atoms with E-state index in [1.807, 2.05) is 0 Å². The van der Waals surface area contributed by atoms with Gasteiger partial charge in [-0.2, -0.15) is 5.10 Å². The number of aliphatic hydroxyl groups is 1. The van der Waals surface area contributed by atoms with Crippen LogP contribution in [0.2, 0.25) is 0 Å². The molecule has 1 heterocycles. The Morgan fingerprint density at radius 3 is 2.62 bits per heavy atom. The molecule has 74 valence electrons. The third kappa shape index (κ3) is 2.10. The van der Waals surface area contributed by atoms with Crippen LogP contribution < -0.4 is 0 Å². The van der Waals surface area contributed by atoms with Gasteiger partial charge in [-0.25, -0.2) is 0 Å². The molecule has 13 heavy (non-hydrogen) atoms. The fourth-order valence-electron chi connectivity index (χ4n) is 1.58. The number of nitrogens with one attached hydrogen (secondary N) is 1. The number of aromatic nitrogens is 2. The lowest BCUT2D eigenvalue weighted by Crippen LogP contribution is -1.99. The summed E-state index contributed by atoms with van der Waals surface area (Å²) in [5.41, 5.74) is 3.48. The Morgan fingerprint density at radius 2 is 2.15 bits per heavy atom. The van der Waals surface area contributed by atoms with E-state index in [-0.39, 0.29) is 6.61 Å². The normalized spacial score (nSPS) is 11.2. The van der Waals surface area contributed by atoms with Crippen molar-refractivity contribution in [3.8, 4) is 0 Å². The summed E-state index contributed by atoms with van der Waals surface area (Å²) in [6.07, 6.45) is 1.67. The van der Waals surface area contributed by atoms with E-state index >= 15 is 0 Å². The van der Waals surface area contributed by atoms with Crippen molar-refractivity contribution in [3.05, 3.63) is 17.0 Å². The van der Waals surface area contributed by atoms with Crippen molar-refractivity contribution in [3.63, 3.8) is 0 Å². The highest BCUT2D eigenvalue weighted by atomic mass is 16.2. The van der Waals surface area contributed by atoms with Crippen LogP contribution in [-0.4, -0.2) is 21.9 Å². The predicted octanol–water partition coefficient (Wildman–Crippen LogP) is 1.63. The summed E-state index contributed by atoms with van der Waals surface area (Å²) in [5.74, 6) is 0.429. The highest BCUT2D eigenvalue weighted by Gasteiger charge is 2.13. The molecule has 0 bridgehead atoms. The minimum Gasteiger partial charge on any atom is -0.396 e. The molecule has 0 saturated heterocycles. The maximum absolute atomic E-state index is 8.92. The molecule has 1 aromatic heterocycles. The quantitative estimate of drug-likeness (QED) is 0.743. The first-order valence-corrected chi connectivity index (χ1v) is 4.87. The summed E-state index contributed by atoms with van der Waals surface area (Å²) in [4.78, 5) is 0. The van der Waals surface area contributed by atoms with Gasteiger partial charge in [-0.15, -0.1) is 0 Å². The Kier molecular flexibility index (Phi) is 3.48. The molecule has 0 saturated carbocycles. The minimum absolute atomic E-state index is 0.201. The zero-order valence-corrected chi connectivity index (χ0v) is 8.59. The summed E-state index contributed by atoms with van der Waals surface area (Å²) < 4.78 is 0. The lowest BCUT2D eigenvalue weighted by Gasteiger charge is -2.05. The molecule has 0 aliphatic heterocycles. The highest BCUT2D eigenvalue weighted by Crippen LogP contribution is 2.20. The summed E-state index contributed by atoms with van der Waals surface area (Å²) >= 11 is 0. The van der Waals surface area contributed by atoms with Gasteiger partial charge in [0.2, 0.25) is 0 Å². The summed E-state index contributed by atoms with van der Waals surface area (Å²) in [6, 6.07) is 0. The Hall–Kier alpha value is -0.830. The molecule has 2 N–H and O–H groups in total. The van der Waals surface area contributed by atoms with E-state index in [4.69, 9.17) is 5.11 Å². The van der Waals surface area contributed by atoms with Gasteiger partial charge < -0.3 is 5.11 Å². The van der Waals surface area contributed by atoms with Crippen molar-refractivity contribution in [2.75, 3.05) is 6.61 Å². The van der Waals surface area contributed by atoms with E-state index in [9.17, 15) is 0 Å². The first kappa shape index (κ1) is 10.3. The summed E-state index contributed by atoms with van der Waals surface area (Å²) in [6.45, 7) is 6.54. The van der Waals surface area contributed by atoms with Crippen molar-refractivity contribution in [2.24, 2.45) is 0 Å². The maximum Gasteiger partial charge on any atom is 0.0683 e. The van der Waals surface area contributed by atoms with E-state index in [0.717, 1.165) is 17.8 Å². The number of hydrogen-bond donors (Lipinski definition) is 2. The fourth-order valence-corrected chi connectivity index (χ4v) is 1.58. The van der Waals surface area contributed by atoms with Gasteiger partial charge >= 0.3 is 0 Å². The Bertz CT molecular complexity index is 266. The number of aromatic amines is 1. The third-order valence-electron chi connectivity index (χ3n) is 2.25. The molecular weight excluding hydrogens is 164 g/mol. The number of aryl methyl sites for hydroxylation is 1. The van der Waals surface area contributed by atoms with Crippen molar-refractivity contribution >= 4 is 0 Å². The molecule has 0 aliphatic rings. The van der Waals surface area contributed by atoms with Gasteiger partial charge in [0.15, 0.2) is 0 Å². The van der Waals surface area contributed by atoms with E-state index in [0.29, 0.717) is 12.3 Å². The Balaban J connectivity index is 2.99. The number of H-pyrrole nitrogens is 1. The highest BCUT2D eigenvalue weighted by molar-refractivity contribution is 5.27. The molecule has 3 heteroatoms. The number of rotatable bonds is 4. The van der Waals surface area contributed by atoms with Crippen molar-refractivity contribution in [1.82, 2.24) is 10.2 Å². The largest absolute Gasteiger partial charge is 0.396 e. The molecule has 0 aliphatic carbocycles. The molecule has 0 atom stereocenters. The maximum atomic E-state index is 8.92. The van der Waals surface area contributed by atoms with Crippen LogP contribution in [0.5, 0.6) is 0 Å². The predicted molar refractivity (Wildman–Crippen MR) is 52.8 cm³/mol. The van der Waals surface area contributed by atoms with E-state index in [1.165, 1.54) is 5.56 Å². The molecule has 1 aromatic rings. The van der Waals surface area contributed by atoms with Crippen molar-refractivity contribution in [2.45, 2.75) is 39.5 Å². The van der Waals surface area contributed by atoms with Gasteiger partial charge in [0.1, 0.15) is 0 Å². The van der Waals surface area contributed by atoms with Crippen LogP contribution in [0.15, 0.2) is 0 Å². The first-order chi connectivity index (χ1) is 6.20. The van der Waals surface area contributed by atoms with Gasteiger partial charge in [0.05, 0.1) is 5.69 Å². The molecule has 3 nitrogen and oxygen atoms in total. The lowest BCUT2D eigenvalue weighted by molar-refractivity contribution is 0.299. The van der Waals surface area contributed by atoms with Gasteiger partial charge in [0, 0.05) is 12.3 Å². The smallest absolute Gasteiger partial charge is 0.0683 e. The molecular formula is C10H18N2O. The van der Waals surface area contributed by atoms with Crippen LogP contribution in [0, 0.1) is 0 Å². The Morgan fingerprint density at radius 1 is 1.46 bits per heavy atom. The van der Waals surface area contributed by atoms with E-state index in [1.54, 1.807) is 0 Å². The molecule has 0 radical (unpaired) electrons. The van der Waals surface area contributed by atoms with E-state index in [2.05, 4.69) is 31.0 Å². The van der Waals surface area contributed by atoms with E-state index < -0.39 is 0 Å². The van der Waals surface area contributed by atoms with Gasteiger partial charge in [-0.05, 0) is 24.3 Å². The van der Waals surface area contributed by atoms with Crippen molar-refractivity contribution in [1.29, 1.82) is 0 Å². The second-order valence-electron chi connectivity index (χ2n) is 3.55. The fraction of sp³-hybridized carbons (Fsp3) is 0.700. The van der Waals surface area contributed by atoms with Gasteiger partial charge in [-0.3, -0.25) is 5.10 Å². The number of aliphatic hydroxyl groups excluding tert-OH is 1. The van der Waals surface area contributed by atoms with Crippen molar-refractivity contribution < 1.29 is 5.11 Å². The third-order valence-corrected chi connectivity index (χ3v) is 2.25. The summed E-state index contributed by atoms with van der Waals surface area (Å²) in [7, 11) is 0. The molecule has 0 unspecified atom stereocenters. The molecule has 0 aromatic carbocycles. The SMILES string of the molecule is CCc1[nH]nc(C(C)C)c1CCO. The molecule has 0 amide bonds. The topological polar surface area (TPSA) is 48.9 Å². The average molecular weight is 182 g/mol. The van der Waals surface area contributed by atoms with Crippen LogP contribution in [0.1, 0.15) is 43.6 Å². The average Bonchev–Trinajstić information content (AvgIpc) is 2.48. The zero-order valence-electron chi connectivity index (χ0n) is 8.59. The van der Waals surface area contributed by atoms with Crippen LogP contribution in [-0.2, 0) is 12.8 Å². The zero-order chi connectivity index (χ0) is 9.84. The van der Waals surface area contributed by atoms with Gasteiger partial charge in [0.25, 0.3) is 0 Å². The van der Waals surface area contributed by atoms with Gasteiger partial charge in [-0.1, -0.05) is 20.8 Å². The van der Waals surface area contributed by atoms with Crippen LogP contribution in [0.3, 0.4) is 0 Å². The molecule has 0 spiro atoms. The first-order valence-electron chi connectivity index (χ1n) is 4.87. The molecule has 1 rings (SSSR count). The number of hydrogen-bond acceptors (Lipinski definition) is 2. The lowest BCUT2D eigenvalue weighted by atomic mass is 10.0. The van der Waals surface area contributed by atoms with Crippen LogP contribution in [0.25, 0.3) is 0 Å². The summed E-state index contributed by atoms with van der Waals surface area (Å²) in [5, 5.41) is 16.2. The van der Waals surface area contributed by atoms with Crippen LogP contribution in [0.4, 0.5) is 0 Å². The minimum atomic E-state index is 0.201. The van der Waals surface area contributed by atoms with Crippen LogP contribution >= 0.6 is 0 Å².